The normalized spacial score (nSPS) is 14.8. The van der Waals surface area contributed by atoms with E-state index in [1.165, 1.54) is 11.3 Å². The first kappa shape index (κ1) is 29.3. The monoisotopic (exact) mass is 566 g/mol. The fourth-order valence-corrected chi connectivity index (χ4v) is 6.86. The van der Waals surface area contributed by atoms with Crippen molar-refractivity contribution in [1.82, 2.24) is 14.2 Å². The molecule has 0 aliphatic carbocycles. The predicted molar refractivity (Wildman–Crippen MR) is 152 cm³/mol. The molecule has 0 atom stereocenters. The van der Waals surface area contributed by atoms with E-state index in [-0.39, 0.29) is 23.2 Å². The third-order valence-electron chi connectivity index (χ3n) is 6.35. The molecule has 0 bridgehead atoms. The number of hydrogen-bond acceptors (Lipinski definition) is 7. The van der Waals surface area contributed by atoms with Gasteiger partial charge in [0.05, 0.1) is 22.2 Å². The highest BCUT2D eigenvalue weighted by molar-refractivity contribution is 7.89. The Balaban J connectivity index is 0.00000380. The molecular weight excluding hydrogens is 532 g/mol. The van der Waals surface area contributed by atoms with E-state index < -0.39 is 10.0 Å². The molecule has 37 heavy (non-hydrogen) atoms. The van der Waals surface area contributed by atoms with E-state index in [2.05, 4.69) is 4.90 Å². The van der Waals surface area contributed by atoms with Gasteiger partial charge in [-0.2, -0.15) is 4.31 Å². The largest absolute Gasteiger partial charge is 0.497 e. The highest BCUT2D eigenvalue weighted by Crippen LogP contribution is 2.32. The number of carbonyl (C=O) groups excluding carboxylic acids is 1. The fourth-order valence-electron chi connectivity index (χ4n) is 4.32. The zero-order valence-electron chi connectivity index (χ0n) is 21.6. The molecule has 0 N–H and O–H groups in total. The van der Waals surface area contributed by atoms with Crippen molar-refractivity contribution in [3.63, 3.8) is 0 Å². The average molecular weight is 567 g/mol. The summed E-state index contributed by atoms with van der Waals surface area (Å²) in [6.45, 7) is 2.42. The van der Waals surface area contributed by atoms with Crippen LogP contribution in [0.5, 0.6) is 5.75 Å². The molecule has 1 amide bonds. The minimum atomic E-state index is -3.57. The van der Waals surface area contributed by atoms with Gasteiger partial charge in [0.25, 0.3) is 5.91 Å². The van der Waals surface area contributed by atoms with Crippen LogP contribution < -0.4 is 9.64 Å². The first-order valence-electron chi connectivity index (χ1n) is 12.3. The molecule has 1 fully saturated rings. The maximum atomic E-state index is 13.6. The average Bonchev–Trinajstić information content (AvgIpc) is 3.08. The van der Waals surface area contributed by atoms with Gasteiger partial charge in [-0.3, -0.25) is 9.69 Å². The molecule has 2 heterocycles. The van der Waals surface area contributed by atoms with Crippen LogP contribution in [0.25, 0.3) is 10.2 Å². The molecule has 1 aliphatic heterocycles. The molecule has 0 unspecified atom stereocenters. The van der Waals surface area contributed by atoms with Gasteiger partial charge in [0.1, 0.15) is 5.75 Å². The van der Waals surface area contributed by atoms with Crippen molar-refractivity contribution in [3.05, 3.63) is 48.0 Å². The molecule has 2 aromatic carbocycles. The lowest BCUT2D eigenvalue weighted by Crippen LogP contribution is -2.34. The molecule has 0 radical (unpaired) electrons. The van der Waals surface area contributed by atoms with E-state index in [0.29, 0.717) is 30.3 Å². The van der Waals surface area contributed by atoms with Crippen molar-refractivity contribution in [3.8, 4) is 5.75 Å². The number of carbonyl (C=O) groups is 1. The second kappa shape index (κ2) is 13.0. The number of anilines is 1. The van der Waals surface area contributed by atoms with Gasteiger partial charge in [-0.15, -0.1) is 12.4 Å². The Morgan fingerprint density at radius 3 is 2.32 bits per heavy atom. The molecule has 3 aromatic rings. The van der Waals surface area contributed by atoms with E-state index in [9.17, 15) is 13.2 Å². The van der Waals surface area contributed by atoms with Crippen LogP contribution in [0.15, 0.2) is 47.4 Å². The van der Waals surface area contributed by atoms with Crippen molar-refractivity contribution in [2.45, 2.75) is 37.0 Å². The Morgan fingerprint density at radius 1 is 1.03 bits per heavy atom. The van der Waals surface area contributed by atoms with Gasteiger partial charge in [-0.25, -0.2) is 13.4 Å². The summed E-state index contributed by atoms with van der Waals surface area (Å²) < 4.78 is 34.1. The Bertz CT molecular complexity index is 1290. The van der Waals surface area contributed by atoms with E-state index in [1.54, 1.807) is 40.6 Å². The molecule has 4 rings (SSSR count). The summed E-state index contributed by atoms with van der Waals surface area (Å²) in [6, 6.07) is 12.0. The van der Waals surface area contributed by atoms with Gasteiger partial charge in [0, 0.05) is 25.2 Å². The Morgan fingerprint density at radius 2 is 1.70 bits per heavy atom. The molecule has 1 saturated heterocycles. The Kier molecular flexibility index (Phi) is 10.3. The number of methoxy groups -OCH3 is 1. The van der Waals surface area contributed by atoms with Crippen molar-refractivity contribution in [1.29, 1.82) is 0 Å². The molecule has 0 saturated carbocycles. The topological polar surface area (TPSA) is 83.0 Å². The van der Waals surface area contributed by atoms with Crippen molar-refractivity contribution in [2.24, 2.45) is 0 Å². The summed E-state index contributed by atoms with van der Waals surface area (Å²) in [7, 11) is 2.05. The van der Waals surface area contributed by atoms with Crippen molar-refractivity contribution in [2.75, 3.05) is 52.3 Å². The minimum Gasteiger partial charge on any atom is -0.497 e. The third-order valence-corrected chi connectivity index (χ3v) is 9.31. The highest BCUT2D eigenvalue weighted by atomic mass is 35.5. The van der Waals surface area contributed by atoms with Crippen LogP contribution in [-0.2, 0) is 10.0 Å². The van der Waals surface area contributed by atoms with Crippen LogP contribution in [-0.4, -0.2) is 75.9 Å². The quantitative estimate of drug-likeness (QED) is 0.367. The number of halogens is 1. The van der Waals surface area contributed by atoms with Gasteiger partial charge in [0.15, 0.2) is 5.13 Å². The zero-order valence-corrected chi connectivity index (χ0v) is 24.0. The highest BCUT2D eigenvalue weighted by Gasteiger charge is 2.26. The fraction of sp³-hybridized carbons (Fsp3) is 0.462. The number of thiazole rings is 1. The van der Waals surface area contributed by atoms with Gasteiger partial charge < -0.3 is 9.64 Å². The van der Waals surface area contributed by atoms with Crippen LogP contribution in [0.3, 0.4) is 0 Å². The summed E-state index contributed by atoms with van der Waals surface area (Å²) in [6.07, 6.45) is 4.65. The summed E-state index contributed by atoms with van der Waals surface area (Å²) in [5.74, 6) is 0.544. The molecular formula is C26H35ClN4O4S2. The summed E-state index contributed by atoms with van der Waals surface area (Å²) in [4.78, 5) is 22.3. The number of aromatic nitrogens is 1. The molecule has 1 aromatic heterocycles. The zero-order chi connectivity index (χ0) is 25.7. The van der Waals surface area contributed by atoms with Crippen LogP contribution in [0.2, 0.25) is 0 Å². The van der Waals surface area contributed by atoms with Gasteiger partial charge in [0.2, 0.25) is 10.0 Å². The van der Waals surface area contributed by atoms with Crippen LogP contribution >= 0.6 is 23.7 Å². The molecule has 202 valence electrons. The summed E-state index contributed by atoms with van der Waals surface area (Å²) in [5, 5.41) is 0.614. The first-order chi connectivity index (χ1) is 17.3. The number of fused-ring (bicyclic) bond motifs is 1. The lowest BCUT2D eigenvalue weighted by atomic mass is 10.2. The van der Waals surface area contributed by atoms with Crippen molar-refractivity contribution < 1.29 is 17.9 Å². The predicted octanol–water partition coefficient (Wildman–Crippen LogP) is 4.89. The number of rotatable bonds is 9. The second-order valence-electron chi connectivity index (χ2n) is 9.29. The molecule has 1 aliphatic rings. The Hall–Kier alpha value is -2.24. The second-order valence-corrected chi connectivity index (χ2v) is 12.2. The van der Waals surface area contributed by atoms with E-state index in [1.807, 2.05) is 32.3 Å². The Labute approximate surface area is 229 Å². The summed E-state index contributed by atoms with van der Waals surface area (Å²) in [5.41, 5.74) is 1.24. The maximum Gasteiger partial charge on any atom is 0.260 e. The number of hydrogen-bond donors (Lipinski definition) is 0. The van der Waals surface area contributed by atoms with E-state index in [0.717, 1.165) is 54.6 Å². The summed E-state index contributed by atoms with van der Waals surface area (Å²) >= 11 is 1.44. The molecule has 0 spiro atoms. The lowest BCUT2D eigenvalue weighted by molar-refractivity contribution is 0.0986. The van der Waals surface area contributed by atoms with Crippen molar-refractivity contribution >= 4 is 55.0 Å². The third kappa shape index (κ3) is 7.00. The molecule has 8 nitrogen and oxygen atoms in total. The minimum absolute atomic E-state index is 0. The number of nitrogens with zero attached hydrogens (tertiary/aromatic N) is 4. The number of ether oxygens (including phenoxy) is 1. The maximum absolute atomic E-state index is 13.6. The number of benzene rings is 2. The smallest absolute Gasteiger partial charge is 0.260 e. The number of amides is 1. The first-order valence-corrected chi connectivity index (χ1v) is 14.6. The van der Waals surface area contributed by atoms with Crippen LogP contribution in [0.4, 0.5) is 5.13 Å². The van der Waals surface area contributed by atoms with Crippen LogP contribution in [0.1, 0.15) is 42.5 Å². The van der Waals surface area contributed by atoms with Gasteiger partial charge in [-0.1, -0.05) is 24.2 Å². The van der Waals surface area contributed by atoms with E-state index >= 15 is 0 Å². The molecule has 11 heteroatoms. The van der Waals surface area contributed by atoms with Crippen LogP contribution in [0, 0.1) is 0 Å². The standard InChI is InChI=1S/C26H34N4O4S2.ClH/c1-28(2)15-8-18-30(26-27-23-14-11-21(34-3)19-24(23)35-26)25(31)20-9-12-22(13-10-20)36(32,33)29-16-6-4-5-7-17-29;/h9-14,19H,4-8,15-18H2,1-3H3;1H. The van der Waals surface area contributed by atoms with Gasteiger partial charge in [-0.05, 0) is 82.4 Å². The number of sulfonamides is 1. The van der Waals surface area contributed by atoms with Gasteiger partial charge >= 0.3 is 0 Å². The SMILES string of the molecule is COc1ccc2nc(N(CCCN(C)C)C(=O)c3ccc(S(=O)(=O)N4CCCCCC4)cc3)sc2c1.Cl. The lowest BCUT2D eigenvalue weighted by Gasteiger charge is -2.22. The van der Waals surface area contributed by atoms with E-state index in [4.69, 9.17) is 9.72 Å².